The van der Waals surface area contributed by atoms with E-state index in [0.29, 0.717) is 6.07 Å². The summed E-state index contributed by atoms with van der Waals surface area (Å²) in [7, 11) is 0. The molecule has 0 aliphatic rings. The first-order valence-corrected chi connectivity index (χ1v) is 5.56. The van der Waals surface area contributed by atoms with Crippen LogP contribution in [0.5, 0.6) is 0 Å². The number of carbonyl (C=O) groups excluding carboxylic acids is 1. The maximum Gasteiger partial charge on any atom is 0.335 e. The number of nitrogens with one attached hydrogen (secondary N) is 1. The largest absolute Gasteiger partial charge is 0.478 e. The van der Waals surface area contributed by atoms with Crippen molar-refractivity contribution in [2.24, 2.45) is 0 Å². The zero-order chi connectivity index (χ0) is 14.7. The minimum absolute atomic E-state index is 0.0187. The van der Waals surface area contributed by atoms with Crippen molar-refractivity contribution < 1.29 is 23.5 Å². The lowest BCUT2D eigenvalue weighted by molar-refractivity contribution is 0.0696. The molecule has 0 unspecified atom stereocenters. The highest BCUT2D eigenvalue weighted by Gasteiger charge is 2.09. The number of carboxylic acids is 1. The lowest BCUT2D eigenvalue weighted by Gasteiger charge is -2.06. The van der Waals surface area contributed by atoms with Gasteiger partial charge < -0.3 is 10.4 Å². The zero-order valence-corrected chi connectivity index (χ0v) is 10.1. The first kappa shape index (κ1) is 13.7. The Labute approximate surface area is 112 Å². The Morgan fingerprint density at radius 3 is 1.90 bits per heavy atom. The average Bonchev–Trinajstić information content (AvgIpc) is 2.37. The van der Waals surface area contributed by atoms with Crippen molar-refractivity contribution in [2.45, 2.75) is 0 Å². The summed E-state index contributed by atoms with van der Waals surface area (Å²) >= 11 is 0. The number of hydrogen-bond donors (Lipinski definition) is 2. The molecule has 4 nitrogen and oxygen atoms in total. The Hall–Kier alpha value is -2.76. The van der Waals surface area contributed by atoms with Gasteiger partial charge in [0, 0.05) is 17.3 Å². The van der Waals surface area contributed by atoms with Gasteiger partial charge in [-0.15, -0.1) is 0 Å². The second-order valence-corrected chi connectivity index (χ2v) is 3.99. The molecule has 0 heterocycles. The van der Waals surface area contributed by atoms with Crippen molar-refractivity contribution in [1.29, 1.82) is 0 Å². The molecule has 2 N–H and O–H groups in total. The molecule has 2 aromatic carbocycles. The zero-order valence-electron chi connectivity index (χ0n) is 10.1. The monoisotopic (exact) mass is 277 g/mol. The van der Waals surface area contributed by atoms with Crippen molar-refractivity contribution in [3.63, 3.8) is 0 Å². The van der Waals surface area contributed by atoms with Crippen LogP contribution in [0.15, 0.2) is 42.5 Å². The standard InChI is InChI=1S/C14H9F2NO3/c15-10-5-11(16)7-12(6-10)17-13(18)8-1-3-9(4-2-8)14(19)20/h1-7H,(H,17,18)(H,19,20). The van der Waals surface area contributed by atoms with Gasteiger partial charge in [-0.25, -0.2) is 13.6 Å². The SMILES string of the molecule is O=C(O)c1ccc(C(=O)Nc2cc(F)cc(F)c2)cc1. The van der Waals surface area contributed by atoms with Crippen molar-refractivity contribution in [3.8, 4) is 0 Å². The highest BCUT2D eigenvalue weighted by Crippen LogP contribution is 2.14. The van der Waals surface area contributed by atoms with Crippen LogP contribution in [0.3, 0.4) is 0 Å². The van der Waals surface area contributed by atoms with Crippen LogP contribution in [-0.4, -0.2) is 17.0 Å². The smallest absolute Gasteiger partial charge is 0.335 e. The minimum Gasteiger partial charge on any atom is -0.478 e. The van der Waals surface area contributed by atoms with E-state index in [1.165, 1.54) is 24.3 Å². The summed E-state index contributed by atoms with van der Waals surface area (Å²) in [4.78, 5) is 22.5. The van der Waals surface area contributed by atoms with Crippen LogP contribution < -0.4 is 5.32 Å². The second kappa shape index (κ2) is 5.48. The maximum absolute atomic E-state index is 13.0. The fraction of sp³-hybridized carbons (Fsp3) is 0. The van der Waals surface area contributed by atoms with Crippen LogP contribution in [0.4, 0.5) is 14.5 Å². The Kier molecular flexibility index (Phi) is 3.74. The molecule has 0 radical (unpaired) electrons. The van der Waals surface area contributed by atoms with Crippen molar-refractivity contribution in [2.75, 3.05) is 5.32 Å². The molecule has 0 atom stereocenters. The fourth-order valence-corrected chi connectivity index (χ4v) is 1.59. The van der Waals surface area contributed by atoms with Gasteiger partial charge in [0.1, 0.15) is 11.6 Å². The van der Waals surface area contributed by atoms with E-state index in [4.69, 9.17) is 5.11 Å². The summed E-state index contributed by atoms with van der Waals surface area (Å²) in [5.74, 6) is -3.31. The molecule has 0 aliphatic heterocycles. The molecule has 0 saturated heterocycles. The molecule has 2 rings (SSSR count). The van der Waals surface area contributed by atoms with Crippen molar-refractivity contribution in [1.82, 2.24) is 0 Å². The van der Waals surface area contributed by atoms with E-state index in [-0.39, 0.29) is 16.8 Å². The predicted octanol–water partition coefficient (Wildman–Crippen LogP) is 2.92. The first-order chi connectivity index (χ1) is 9.45. The van der Waals surface area contributed by atoms with E-state index < -0.39 is 23.5 Å². The normalized spacial score (nSPS) is 10.1. The first-order valence-electron chi connectivity index (χ1n) is 5.56. The van der Waals surface area contributed by atoms with Gasteiger partial charge in [-0.2, -0.15) is 0 Å². The number of carbonyl (C=O) groups is 2. The van der Waals surface area contributed by atoms with Crippen LogP contribution in [0.25, 0.3) is 0 Å². The molecule has 0 spiro atoms. The summed E-state index contributed by atoms with van der Waals surface area (Å²) in [5, 5.41) is 11.0. The van der Waals surface area contributed by atoms with Crippen LogP contribution >= 0.6 is 0 Å². The summed E-state index contributed by atoms with van der Waals surface area (Å²) in [6, 6.07) is 7.81. The summed E-state index contributed by atoms with van der Waals surface area (Å²) in [5.41, 5.74) is 0.202. The molecule has 0 fully saturated rings. The van der Waals surface area contributed by atoms with Crippen molar-refractivity contribution in [3.05, 3.63) is 65.2 Å². The van der Waals surface area contributed by atoms with Crippen LogP contribution in [-0.2, 0) is 0 Å². The molecule has 6 heteroatoms. The number of benzene rings is 2. The Balaban J connectivity index is 2.17. The predicted molar refractivity (Wildman–Crippen MR) is 67.7 cm³/mol. The van der Waals surface area contributed by atoms with Gasteiger partial charge in [0.15, 0.2) is 0 Å². The number of amides is 1. The number of aromatic carboxylic acids is 1. The van der Waals surface area contributed by atoms with Gasteiger partial charge in [0.25, 0.3) is 5.91 Å². The Bertz CT molecular complexity index is 648. The van der Waals surface area contributed by atoms with Crippen LogP contribution in [0.2, 0.25) is 0 Å². The summed E-state index contributed by atoms with van der Waals surface area (Å²) in [6.07, 6.45) is 0. The highest BCUT2D eigenvalue weighted by atomic mass is 19.1. The topological polar surface area (TPSA) is 66.4 Å². The molecule has 0 aliphatic carbocycles. The van der Waals surface area contributed by atoms with E-state index in [2.05, 4.69) is 5.32 Å². The minimum atomic E-state index is -1.11. The van der Waals surface area contributed by atoms with E-state index >= 15 is 0 Å². The molecule has 0 aromatic heterocycles. The fourth-order valence-electron chi connectivity index (χ4n) is 1.59. The van der Waals surface area contributed by atoms with E-state index in [9.17, 15) is 18.4 Å². The molecule has 102 valence electrons. The molecular formula is C14H9F2NO3. The lowest BCUT2D eigenvalue weighted by atomic mass is 10.1. The second-order valence-electron chi connectivity index (χ2n) is 3.99. The highest BCUT2D eigenvalue weighted by molar-refractivity contribution is 6.04. The average molecular weight is 277 g/mol. The van der Waals surface area contributed by atoms with Gasteiger partial charge >= 0.3 is 5.97 Å². The molecule has 0 saturated carbocycles. The van der Waals surface area contributed by atoms with E-state index in [0.717, 1.165) is 12.1 Å². The third kappa shape index (κ3) is 3.17. The molecule has 2 aromatic rings. The molecule has 20 heavy (non-hydrogen) atoms. The number of rotatable bonds is 3. The third-order valence-electron chi connectivity index (χ3n) is 2.51. The third-order valence-corrected chi connectivity index (χ3v) is 2.51. The molecular weight excluding hydrogens is 268 g/mol. The quantitative estimate of drug-likeness (QED) is 0.906. The maximum atomic E-state index is 13.0. The summed E-state index contributed by atoms with van der Waals surface area (Å²) < 4.78 is 25.9. The van der Waals surface area contributed by atoms with Gasteiger partial charge in [0.05, 0.1) is 5.56 Å². The van der Waals surface area contributed by atoms with Gasteiger partial charge in [-0.3, -0.25) is 4.79 Å². The van der Waals surface area contributed by atoms with Crippen molar-refractivity contribution >= 4 is 17.6 Å². The van der Waals surface area contributed by atoms with Gasteiger partial charge in [0.2, 0.25) is 0 Å². The van der Waals surface area contributed by atoms with Crippen LogP contribution in [0.1, 0.15) is 20.7 Å². The molecule has 0 bridgehead atoms. The number of halogens is 2. The van der Waals surface area contributed by atoms with E-state index in [1.807, 2.05) is 0 Å². The molecule has 1 amide bonds. The number of carboxylic acid groups (broad SMARTS) is 1. The Morgan fingerprint density at radius 1 is 0.900 bits per heavy atom. The van der Waals surface area contributed by atoms with Gasteiger partial charge in [-0.1, -0.05) is 0 Å². The number of hydrogen-bond acceptors (Lipinski definition) is 2. The van der Waals surface area contributed by atoms with Gasteiger partial charge in [-0.05, 0) is 36.4 Å². The van der Waals surface area contributed by atoms with E-state index in [1.54, 1.807) is 0 Å². The lowest BCUT2D eigenvalue weighted by Crippen LogP contribution is -2.12. The Morgan fingerprint density at radius 2 is 1.40 bits per heavy atom. The van der Waals surface area contributed by atoms with Crippen LogP contribution in [0, 0.1) is 11.6 Å². The summed E-state index contributed by atoms with van der Waals surface area (Å²) in [6.45, 7) is 0. The number of anilines is 1.